The van der Waals surface area contributed by atoms with Gasteiger partial charge in [-0.1, -0.05) is 187 Å². The zero-order valence-electron chi connectivity index (χ0n) is 52.6. The molecule has 4 saturated carbocycles. The topological polar surface area (TPSA) is 122 Å². The maximum absolute atomic E-state index is 13.3. The highest BCUT2D eigenvalue weighted by molar-refractivity contribution is 5.79. The molecule has 0 aliphatic heterocycles. The van der Waals surface area contributed by atoms with Crippen LogP contribution in [0.1, 0.15) is 324 Å². The average molecular weight is 1120 g/mol. The normalized spacial score (nSPS) is 24.8. The van der Waals surface area contributed by atoms with Crippen LogP contribution in [-0.4, -0.2) is 55.1 Å². The molecule has 4 fully saturated rings. The fourth-order valence-corrected chi connectivity index (χ4v) is 15.3. The smallest absolute Gasteiger partial charge is 0.306 e. The third-order valence-corrected chi connectivity index (χ3v) is 20.2. The Morgan fingerprint density at radius 1 is 0.487 bits per heavy atom. The minimum absolute atomic E-state index is 0.0304. The SMILES string of the molecule is CCCCCCCC/C=C\CCCCCCCC(=O)OCC(COC(=O)CCCCCCC/C=C\CCCCCCCC)OC(=O)CC(C)CCCCCCC(=O)O[C@H]1CC[C@@]2(C)[C@@H](CC[C@@H]3[C@@H]2CC[C@]2(C)[C@@H](C(C)=O)CC[C@@H]32)C1. The van der Waals surface area contributed by atoms with Crippen LogP contribution in [-0.2, 0) is 42.9 Å². The highest BCUT2D eigenvalue weighted by atomic mass is 16.6. The Balaban J connectivity index is 1.08. The molecule has 0 N–H and O–H groups in total. The number of esters is 4. The predicted octanol–water partition coefficient (Wildman–Crippen LogP) is 19.6. The monoisotopic (exact) mass is 1120 g/mol. The summed E-state index contributed by atoms with van der Waals surface area (Å²) in [4.78, 5) is 64.5. The second-order valence-electron chi connectivity index (χ2n) is 26.7. The minimum Gasteiger partial charge on any atom is -0.462 e. The molecule has 9 heteroatoms. The lowest BCUT2D eigenvalue weighted by Crippen LogP contribution is -2.54. The molecule has 460 valence electrons. The van der Waals surface area contributed by atoms with Gasteiger partial charge in [-0.05, 0) is 176 Å². The van der Waals surface area contributed by atoms with Gasteiger partial charge in [-0.15, -0.1) is 0 Å². The van der Waals surface area contributed by atoms with Crippen LogP contribution in [0.15, 0.2) is 24.3 Å². The van der Waals surface area contributed by atoms with Crippen LogP contribution in [0.25, 0.3) is 0 Å². The van der Waals surface area contributed by atoms with E-state index in [1.807, 2.05) is 6.92 Å². The van der Waals surface area contributed by atoms with E-state index in [-0.39, 0.29) is 66.9 Å². The molecule has 4 rings (SSSR count). The largest absolute Gasteiger partial charge is 0.462 e. The maximum atomic E-state index is 13.3. The van der Waals surface area contributed by atoms with Crippen molar-refractivity contribution in [1.82, 2.24) is 0 Å². The van der Waals surface area contributed by atoms with Gasteiger partial charge in [0.2, 0.25) is 0 Å². The lowest BCUT2D eigenvalue weighted by molar-refractivity contribution is -0.167. The van der Waals surface area contributed by atoms with Gasteiger partial charge in [-0.25, -0.2) is 0 Å². The van der Waals surface area contributed by atoms with E-state index in [2.05, 4.69) is 58.9 Å². The Labute approximate surface area is 490 Å². The number of hydrogen-bond acceptors (Lipinski definition) is 9. The summed E-state index contributed by atoms with van der Waals surface area (Å²) in [6.45, 7) is 13.1. The van der Waals surface area contributed by atoms with Crippen molar-refractivity contribution in [2.24, 2.45) is 46.3 Å². The Bertz CT molecular complexity index is 1710. The second-order valence-corrected chi connectivity index (χ2v) is 26.7. The van der Waals surface area contributed by atoms with Crippen molar-refractivity contribution in [2.75, 3.05) is 13.2 Å². The summed E-state index contributed by atoms with van der Waals surface area (Å²) in [6.07, 6.45) is 55.7. The summed E-state index contributed by atoms with van der Waals surface area (Å²) in [5, 5.41) is 0. The minimum atomic E-state index is -0.845. The van der Waals surface area contributed by atoms with Gasteiger partial charge < -0.3 is 18.9 Å². The van der Waals surface area contributed by atoms with E-state index >= 15 is 0 Å². The molecular weight excluding hydrogens is 997 g/mol. The summed E-state index contributed by atoms with van der Waals surface area (Å²) in [5.74, 6) is 2.45. The molecule has 4 aliphatic carbocycles. The number of carbonyl (C=O) groups is 5. The number of fused-ring (bicyclic) bond motifs is 5. The van der Waals surface area contributed by atoms with Crippen LogP contribution in [0, 0.1) is 46.3 Å². The van der Waals surface area contributed by atoms with E-state index in [1.54, 1.807) is 0 Å². The Kier molecular flexibility index (Phi) is 35.7. The zero-order chi connectivity index (χ0) is 57.7. The third kappa shape index (κ3) is 26.7. The van der Waals surface area contributed by atoms with Crippen LogP contribution < -0.4 is 0 Å². The molecule has 0 aromatic heterocycles. The van der Waals surface area contributed by atoms with Gasteiger partial charge in [-0.2, -0.15) is 0 Å². The first-order chi connectivity index (χ1) is 38.8. The van der Waals surface area contributed by atoms with Crippen molar-refractivity contribution < 1.29 is 42.9 Å². The molecule has 0 radical (unpaired) electrons. The number of Topliss-reactive ketones (excluding diaryl/α,β-unsaturated/α-hetero) is 1. The number of ketones is 1. The first-order valence-electron chi connectivity index (χ1n) is 34.3. The predicted molar refractivity (Wildman–Crippen MR) is 328 cm³/mol. The number of rotatable bonds is 46. The van der Waals surface area contributed by atoms with Crippen LogP contribution in [0.5, 0.6) is 0 Å². The summed E-state index contributed by atoms with van der Waals surface area (Å²) in [5.41, 5.74) is 0.501. The van der Waals surface area contributed by atoms with Gasteiger partial charge in [0.05, 0.1) is 0 Å². The fourth-order valence-electron chi connectivity index (χ4n) is 15.3. The van der Waals surface area contributed by atoms with Crippen molar-refractivity contribution in [2.45, 2.75) is 336 Å². The number of ether oxygens (including phenoxy) is 4. The van der Waals surface area contributed by atoms with Crippen molar-refractivity contribution in [3.63, 3.8) is 0 Å². The highest BCUT2D eigenvalue weighted by Gasteiger charge is 2.61. The van der Waals surface area contributed by atoms with Gasteiger partial charge in [0.15, 0.2) is 6.10 Å². The molecule has 0 aromatic rings. The standard InChI is InChI=1S/C71H122O9/c1-7-9-11-13-15-17-19-21-23-25-27-29-31-33-38-42-66(73)77-55-61(56-78-67(74)43-39-34-32-30-28-26-24-22-20-18-16-14-12-10-8-2)80-69(76)53-57(3)41-37-35-36-40-44-68(75)79-60-49-51-70(5)59(54-60)45-46-62-64-48-47-63(58(4)72)71(64,6)52-50-65(62)70/h21-24,57,59-65H,7-20,25-56H2,1-6H3/b23-21-,24-22-/t57?,59-,60-,62-,63+,64-,65-,70-,71+/m0/s1. The van der Waals surface area contributed by atoms with Crippen molar-refractivity contribution >= 4 is 29.7 Å². The third-order valence-electron chi connectivity index (χ3n) is 20.2. The number of unbranched alkanes of at least 4 members (excludes halogenated alkanes) is 25. The van der Waals surface area contributed by atoms with Crippen molar-refractivity contribution in [3.8, 4) is 0 Å². The Hall–Kier alpha value is -2.97. The van der Waals surface area contributed by atoms with Gasteiger partial charge >= 0.3 is 23.9 Å². The molecule has 0 heterocycles. The molecule has 9 atom stereocenters. The summed E-state index contributed by atoms with van der Waals surface area (Å²) < 4.78 is 23.2. The lowest BCUT2D eigenvalue weighted by Gasteiger charge is -2.61. The van der Waals surface area contributed by atoms with E-state index in [4.69, 9.17) is 18.9 Å². The molecule has 80 heavy (non-hydrogen) atoms. The summed E-state index contributed by atoms with van der Waals surface area (Å²) >= 11 is 0. The summed E-state index contributed by atoms with van der Waals surface area (Å²) in [6, 6.07) is 0. The first-order valence-corrected chi connectivity index (χ1v) is 34.3. The first kappa shape index (κ1) is 69.5. The highest BCUT2D eigenvalue weighted by Crippen LogP contribution is 2.67. The number of hydrogen-bond donors (Lipinski definition) is 0. The summed E-state index contributed by atoms with van der Waals surface area (Å²) in [7, 11) is 0. The zero-order valence-corrected chi connectivity index (χ0v) is 52.6. The van der Waals surface area contributed by atoms with Crippen LogP contribution >= 0.6 is 0 Å². The van der Waals surface area contributed by atoms with Gasteiger partial charge in [0, 0.05) is 31.6 Å². The quantitative estimate of drug-likeness (QED) is 0.0254. The van der Waals surface area contributed by atoms with E-state index in [0.717, 1.165) is 134 Å². The Morgan fingerprint density at radius 2 is 0.938 bits per heavy atom. The van der Waals surface area contributed by atoms with Gasteiger partial charge in [0.25, 0.3) is 0 Å². The molecule has 9 nitrogen and oxygen atoms in total. The van der Waals surface area contributed by atoms with Crippen LogP contribution in [0.4, 0.5) is 0 Å². The van der Waals surface area contributed by atoms with Crippen LogP contribution in [0.2, 0.25) is 0 Å². The average Bonchev–Trinajstić information content (AvgIpc) is 3.81. The molecule has 4 aliphatic rings. The molecule has 1 unspecified atom stereocenters. The van der Waals surface area contributed by atoms with Gasteiger partial charge in [0.1, 0.15) is 25.1 Å². The van der Waals surface area contributed by atoms with E-state index in [0.29, 0.717) is 42.3 Å². The number of allylic oxidation sites excluding steroid dienone is 4. The van der Waals surface area contributed by atoms with Crippen LogP contribution in [0.3, 0.4) is 0 Å². The van der Waals surface area contributed by atoms with E-state index in [1.165, 1.54) is 135 Å². The number of carbonyl (C=O) groups excluding carboxylic acids is 5. The fraction of sp³-hybridized carbons (Fsp3) is 0.873. The van der Waals surface area contributed by atoms with Crippen molar-refractivity contribution in [3.05, 3.63) is 24.3 Å². The second kappa shape index (κ2) is 41.1. The van der Waals surface area contributed by atoms with Crippen molar-refractivity contribution in [1.29, 1.82) is 0 Å². The molecular formula is C71H122O9. The maximum Gasteiger partial charge on any atom is 0.306 e. The lowest BCUT2D eigenvalue weighted by atomic mass is 9.44. The van der Waals surface area contributed by atoms with Gasteiger partial charge in [-0.3, -0.25) is 24.0 Å². The Morgan fingerprint density at radius 3 is 1.45 bits per heavy atom. The molecule has 0 amide bonds. The molecule has 0 aromatic carbocycles. The van der Waals surface area contributed by atoms with E-state index < -0.39 is 6.10 Å². The van der Waals surface area contributed by atoms with E-state index in [9.17, 15) is 24.0 Å². The molecule has 0 bridgehead atoms. The molecule has 0 spiro atoms. The molecule has 0 saturated heterocycles.